The molecule has 0 saturated carbocycles. The lowest BCUT2D eigenvalue weighted by molar-refractivity contribution is -0.0617. The van der Waals surface area contributed by atoms with Crippen molar-refractivity contribution in [3.05, 3.63) is 101 Å². The van der Waals surface area contributed by atoms with Gasteiger partial charge < -0.3 is 24.2 Å². The number of ether oxygens (including phenoxy) is 3. The predicted octanol–water partition coefficient (Wildman–Crippen LogP) is 5.41. The first-order valence-electron chi connectivity index (χ1n) is 15.3. The van der Waals surface area contributed by atoms with E-state index in [0.29, 0.717) is 30.8 Å². The summed E-state index contributed by atoms with van der Waals surface area (Å²) in [7, 11) is -3.44. The fourth-order valence-corrected chi connectivity index (χ4v) is 6.62. The highest BCUT2D eigenvalue weighted by atomic mass is 35.5. The van der Waals surface area contributed by atoms with Crippen molar-refractivity contribution in [1.82, 2.24) is 9.88 Å². The first-order chi connectivity index (χ1) is 22.1. The number of allylic oxidation sites excluding steroid dienone is 2. The SMILES string of the molecule is C[C@@H]1C(c2ccccc2)=CC=CC1(COc1cc(OCc2cncc(S(C)(=O)=O)c2)c(C=O)cc1Cl)OCCCN1CCC(O)C1. The minimum Gasteiger partial charge on any atom is -0.489 e. The molecular weight excluding hydrogens is 628 g/mol. The van der Waals surface area contributed by atoms with Gasteiger partial charge in [-0.25, -0.2) is 8.42 Å². The number of aliphatic hydroxyl groups is 1. The van der Waals surface area contributed by atoms with Gasteiger partial charge in [0.15, 0.2) is 16.1 Å². The van der Waals surface area contributed by atoms with Gasteiger partial charge in [0.05, 0.1) is 21.6 Å². The Labute approximate surface area is 275 Å². The number of hydrogen-bond donors (Lipinski definition) is 1. The Kier molecular flexibility index (Phi) is 11.0. The molecule has 2 heterocycles. The summed E-state index contributed by atoms with van der Waals surface area (Å²) in [4.78, 5) is 18.2. The minimum atomic E-state index is -3.44. The second-order valence-electron chi connectivity index (χ2n) is 11.8. The molecule has 1 saturated heterocycles. The van der Waals surface area contributed by atoms with Crippen molar-refractivity contribution in [2.45, 2.75) is 43.0 Å². The summed E-state index contributed by atoms with van der Waals surface area (Å²) in [5.41, 5.74) is 2.13. The molecule has 2 aliphatic rings. The first-order valence-corrected chi connectivity index (χ1v) is 17.5. The van der Waals surface area contributed by atoms with E-state index in [1.165, 1.54) is 24.5 Å². The average molecular weight is 667 g/mol. The number of benzene rings is 2. The quantitative estimate of drug-likeness (QED) is 0.178. The molecule has 1 aliphatic heterocycles. The van der Waals surface area contributed by atoms with Crippen molar-refractivity contribution in [2.24, 2.45) is 5.92 Å². The molecule has 0 amide bonds. The lowest BCUT2D eigenvalue weighted by atomic mass is 9.77. The van der Waals surface area contributed by atoms with Crippen LogP contribution in [-0.2, 0) is 21.2 Å². The van der Waals surface area contributed by atoms with Gasteiger partial charge >= 0.3 is 0 Å². The van der Waals surface area contributed by atoms with Crippen LogP contribution in [0, 0.1) is 5.92 Å². The van der Waals surface area contributed by atoms with Crippen molar-refractivity contribution in [3.63, 3.8) is 0 Å². The Morgan fingerprint density at radius 3 is 2.65 bits per heavy atom. The molecule has 46 heavy (non-hydrogen) atoms. The normalized spacial score (nSPS) is 21.6. The van der Waals surface area contributed by atoms with Gasteiger partial charge in [-0.3, -0.25) is 9.78 Å². The van der Waals surface area contributed by atoms with Crippen molar-refractivity contribution >= 4 is 33.3 Å². The topological polar surface area (TPSA) is 115 Å². The second kappa shape index (κ2) is 14.9. The van der Waals surface area contributed by atoms with E-state index in [-0.39, 0.29) is 46.5 Å². The van der Waals surface area contributed by atoms with Crippen LogP contribution in [0.1, 0.15) is 41.3 Å². The summed E-state index contributed by atoms with van der Waals surface area (Å²) in [6.45, 7) is 5.11. The number of aliphatic hydroxyl groups excluding tert-OH is 1. The van der Waals surface area contributed by atoms with Crippen LogP contribution in [0.15, 0.2) is 84.0 Å². The fraction of sp³-hybridized carbons (Fsp3) is 0.371. The number of nitrogens with zero attached hydrogens (tertiary/aromatic N) is 2. The number of carbonyl (C=O) groups excluding carboxylic acids is 1. The van der Waals surface area contributed by atoms with Gasteiger partial charge in [-0.1, -0.05) is 61.0 Å². The van der Waals surface area contributed by atoms with Gasteiger partial charge in [0.2, 0.25) is 0 Å². The molecule has 3 aromatic rings. The maximum Gasteiger partial charge on any atom is 0.177 e. The Morgan fingerprint density at radius 2 is 1.93 bits per heavy atom. The number of halogens is 1. The van der Waals surface area contributed by atoms with Crippen molar-refractivity contribution < 1.29 is 32.5 Å². The Balaban J connectivity index is 1.34. The van der Waals surface area contributed by atoms with Crippen LogP contribution in [0.5, 0.6) is 11.5 Å². The molecule has 11 heteroatoms. The molecule has 9 nitrogen and oxygen atoms in total. The van der Waals surface area contributed by atoms with Crippen LogP contribution < -0.4 is 9.47 Å². The number of aldehydes is 1. The van der Waals surface area contributed by atoms with Crippen LogP contribution in [0.25, 0.3) is 5.57 Å². The predicted molar refractivity (Wildman–Crippen MR) is 177 cm³/mol. The summed E-state index contributed by atoms with van der Waals surface area (Å²) in [6, 6.07) is 14.7. The third-order valence-corrected chi connectivity index (χ3v) is 9.81. The maximum absolute atomic E-state index is 12.0. The minimum absolute atomic E-state index is 0.0234. The van der Waals surface area contributed by atoms with Gasteiger partial charge in [0.1, 0.15) is 30.3 Å². The zero-order valence-corrected chi connectivity index (χ0v) is 27.5. The summed E-state index contributed by atoms with van der Waals surface area (Å²) in [5.74, 6) is 0.474. The summed E-state index contributed by atoms with van der Waals surface area (Å²) >= 11 is 6.59. The summed E-state index contributed by atoms with van der Waals surface area (Å²) < 4.78 is 42.9. The largest absolute Gasteiger partial charge is 0.489 e. The van der Waals surface area contributed by atoms with Gasteiger partial charge in [0, 0.05) is 62.4 Å². The molecule has 2 aromatic carbocycles. The molecule has 0 bridgehead atoms. The summed E-state index contributed by atoms with van der Waals surface area (Å²) in [6.07, 6.45) is 12.0. The lowest BCUT2D eigenvalue weighted by Crippen LogP contribution is -2.45. The van der Waals surface area contributed by atoms with Gasteiger partial charge in [0.25, 0.3) is 0 Å². The number of carbonyl (C=O) groups is 1. The molecule has 5 rings (SSSR count). The van der Waals surface area contributed by atoms with E-state index in [0.717, 1.165) is 43.3 Å². The number of β-amino-alcohol motifs (C(OH)–C–C–N with tert-alkyl or cyclic N) is 1. The van der Waals surface area contributed by atoms with E-state index < -0.39 is 15.4 Å². The van der Waals surface area contributed by atoms with E-state index in [4.69, 9.17) is 25.8 Å². The molecule has 1 fully saturated rings. The molecule has 3 atom stereocenters. The smallest absolute Gasteiger partial charge is 0.177 e. The Bertz CT molecular complexity index is 1700. The molecule has 2 unspecified atom stereocenters. The molecule has 1 aromatic heterocycles. The van der Waals surface area contributed by atoms with Crippen LogP contribution in [0.4, 0.5) is 0 Å². The third kappa shape index (κ3) is 8.24. The van der Waals surface area contributed by atoms with E-state index >= 15 is 0 Å². The number of likely N-dealkylation sites (tertiary alicyclic amines) is 1. The van der Waals surface area contributed by atoms with Crippen LogP contribution in [0.3, 0.4) is 0 Å². The summed E-state index contributed by atoms with van der Waals surface area (Å²) in [5, 5.41) is 10.1. The van der Waals surface area contributed by atoms with Gasteiger partial charge in [-0.15, -0.1) is 0 Å². The number of sulfone groups is 1. The van der Waals surface area contributed by atoms with E-state index in [2.05, 4.69) is 35.0 Å². The molecule has 244 valence electrons. The highest BCUT2D eigenvalue weighted by molar-refractivity contribution is 7.90. The third-order valence-electron chi connectivity index (χ3n) is 8.43. The highest BCUT2D eigenvalue weighted by Gasteiger charge is 2.40. The first kappa shape index (κ1) is 33.8. The van der Waals surface area contributed by atoms with Crippen molar-refractivity contribution in [3.8, 4) is 11.5 Å². The van der Waals surface area contributed by atoms with E-state index in [9.17, 15) is 18.3 Å². The van der Waals surface area contributed by atoms with Crippen LogP contribution >= 0.6 is 11.6 Å². The van der Waals surface area contributed by atoms with Crippen molar-refractivity contribution in [1.29, 1.82) is 0 Å². The van der Waals surface area contributed by atoms with Gasteiger partial charge in [-0.05, 0) is 42.2 Å². The lowest BCUT2D eigenvalue weighted by Gasteiger charge is -2.40. The average Bonchev–Trinajstić information content (AvgIpc) is 3.47. The zero-order valence-electron chi connectivity index (χ0n) is 26.0. The number of aromatic nitrogens is 1. The molecular formula is C35H39ClN2O7S. The number of rotatable bonds is 14. The fourth-order valence-electron chi connectivity index (χ4n) is 5.77. The molecule has 1 N–H and O–H groups in total. The van der Waals surface area contributed by atoms with Crippen molar-refractivity contribution in [2.75, 3.05) is 39.1 Å². The maximum atomic E-state index is 12.0. The Morgan fingerprint density at radius 1 is 1.13 bits per heavy atom. The second-order valence-corrected chi connectivity index (χ2v) is 14.2. The molecule has 0 spiro atoms. The monoisotopic (exact) mass is 666 g/mol. The van der Waals surface area contributed by atoms with E-state index in [1.54, 1.807) is 6.07 Å². The standard InChI is InChI=1S/C35H39ClN2O7S/c1-25-31(27-8-4-3-5-9-27)10-6-12-35(25,45-15-7-13-38-14-11-29(40)21-38)24-44-34-18-33(28(22-39)17-32(34)36)43-23-26-16-30(20-37-19-26)46(2,41)42/h3-6,8-10,12,16-20,22,25,29,40H,7,11,13-15,21,23-24H2,1-2H3/t25-,29?,35?/m1/s1. The Hall–Kier alpha value is -3.54. The van der Waals surface area contributed by atoms with Crippen LogP contribution in [-0.4, -0.2) is 80.5 Å². The number of hydrogen-bond acceptors (Lipinski definition) is 9. The highest BCUT2D eigenvalue weighted by Crippen LogP contribution is 2.40. The number of pyridine rings is 1. The van der Waals surface area contributed by atoms with E-state index in [1.807, 2.05) is 30.4 Å². The van der Waals surface area contributed by atoms with Crippen LogP contribution in [0.2, 0.25) is 5.02 Å². The van der Waals surface area contributed by atoms with Gasteiger partial charge in [-0.2, -0.15) is 0 Å². The molecule has 0 radical (unpaired) electrons. The zero-order chi connectivity index (χ0) is 32.7. The molecule has 1 aliphatic carbocycles.